The highest BCUT2D eigenvalue weighted by molar-refractivity contribution is 9.10. The Kier molecular flexibility index (Phi) is 3.52. The number of nitrogens with zero attached hydrogens (tertiary/aromatic N) is 2. The van der Waals surface area contributed by atoms with Crippen LogP contribution in [0.25, 0.3) is 0 Å². The van der Waals surface area contributed by atoms with E-state index in [1.807, 2.05) is 0 Å². The van der Waals surface area contributed by atoms with Crippen molar-refractivity contribution in [2.45, 2.75) is 13.0 Å². The molecule has 1 aromatic carbocycles. The molecule has 6 heteroatoms. The van der Waals surface area contributed by atoms with Gasteiger partial charge in [0.1, 0.15) is 0 Å². The molecular weight excluding hydrogens is 304 g/mol. The summed E-state index contributed by atoms with van der Waals surface area (Å²) in [7, 11) is -3.09. The van der Waals surface area contributed by atoms with Crippen molar-refractivity contribution in [2.24, 2.45) is 0 Å². The summed E-state index contributed by atoms with van der Waals surface area (Å²) in [6.07, 6.45) is 0.678. The van der Waals surface area contributed by atoms with E-state index in [2.05, 4.69) is 22.0 Å². The molecule has 0 aliphatic carbocycles. The summed E-state index contributed by atoms with van der Waals surface area (Å²) in [6.45, 7) is 0.893. The highest BCUT2D eigenvalue weighted by atomic mass is 79.9. The molecule has 0 radical (unpaired) electrons. The van der Waals surface area contributed by atoms with Crippen molar-refractivity contribution < 1.29 is 8.42 Å². The van der Waals surface area contributed by atoms with Crippen LogP contribution in [0.5, 0.6) is 0 Å². The quantitative estimate of drug-likeness (QED) is 0.837. The predicted octanol–water partition coefficient (Wildman–Crippen LogP) is 1.86. The summed E-state index contributed by atoms with van der Waals surface area (Å²) in [6, 6.07) is 7.25. The number of nitriles is 1. The van der Waals surface area contributed by atoms with E-state index in [0.29, 0.717) is 25.1 Å². The van der Waals surface area contributed by atoms with Gasteiger partial charge in [0.2, 0.25) is 10.0 Å². The second-order valence-corrected chi connectivity index (χ2v) is 6.86. The van der Waals surface area contributed by atoms with Crippen LogP contribution in [0.1, 0.15) is 17.5 Å². The number of halogens is 1. The molecule has 17 heavy (non-hydrogen) atoms. The van der Waals surface area contributed by atoms with E-state index >= 15 is 0 Å². The molecule has 90 valence electrons. The van der Waals surface area contributed by atoms with E-state index < -0.39 is 10.0 Å². The molecule has 1 aliphatic heterocycles. The fourth-order valence-corrected chi connectivity index (χ4v) is 3.69. The number of benzene rings is 1. The Morgan fingerprint density at radius 3 is 2.82 bits per heavy atom. The van der Waals surface area contributed by atoms with Gasteiger partial charge in [-0.2, -0.15) is 9.57 Å². The largest absolute Gasteiger partial charge is 0.214 e. The van der Waals surface area contributed by atoms with Crippen LogP contribution in [0.3, 0.4) is 0 Å². The maximum atomic E-state index is 11.7. The summed E-state index contributed by atoms with van der Waals surface area (Å²) in [5.41, 5.74) is 1.37. The zero-order valence-corrected chi connectivity index (χ0v) is 11.5. The highest BCUT2D eigenvalue weighted by Gasteiger charge is 2.28. The summed E-state index contributed by atoms with van der Waals surface area (Å²) in [4.78, 5) is 0. The topological polar surface area (TPSA) is 61.2 Å². The van der Waals surface area contributed by atoms with E-state index in [9.17, 15) is 8.42 Å². The predicted molar refractivity (Wildman–Crippen MR) is 67.7 cm³/mol. The molecule has 0 unspecified atom stereocenters. The molecule has 0 aromatic heterocycles. The average Bonchev–Trinajstić information content (AvgIpc) is 2.61. The van der Waals surface area contributed by atoms with Crippen molar-refractivity contribution in [3.05, 3.63) is 33.8 Å². The van der Waals surface area contributed by atoms with Gasteiger partial charge < -0.3 is 0 Å². The minimum absolute atomic E-state index is 0.225. The molecule has 0 amide bonds. The van der Waals surface area contributed by atoms with Gasteiger partial charge in [0, 0.05) is 17.6 Å². The van der Waals surface area contributed by atoms with Gasteiger partial charge in [-0.05, 0) is 30.2 Å². The number of rotatable bonds is 2. The Labute approximate surface area is 109 Å². The molecule has 2 rings (SSSR count). The van der Waals surface area contributed by atoms with Gasteiger partial charge in [-0.3, -0.25) is 0 Å². The SMILES string of the molecule is N#Cc1ccc(Br)c(CN2CCCS2(=O)=O)c1. The van der Waals surface area contributed by atoms with Gasteiger partial charge in [0.15, 0.2) is 0 Å². The minimum Gasteiger partial charge on any atom is -0.212 e. The fourth-order valence-electron chi connectivity index (χ4n) is 1.82. The van der Waals surface area contributed by atoms with E-state index in [-0.39, 0.29) is 5.75 Å². The zero-order valence-electron chi connectivity index (χ0n) is 9.06. The molecule has 4 nitrogen and oxygen atoms in total. The third kappa shape index (κ3) is 2.68. The molecule has 0 atom stereocenters. The second kappa shape index (κ2) is 4.77. The Morgan fingerprint density at radius 2 is 2.24 bits per heavy atom. The highest BCUT2D eigenvalue weighted by Crippen LogP contribution is 2.23. The Bertz CT molecular complexity index is 578. The van der Waals surface area contributed by atoms with Gasteiger partial charge >= 0.3 is 0 Å². The van der Waals surface area contributed by atoms with E-state index in [1.165, 1.54) is 4.31 Å². The molecule has 0 N–H and O–H groups in total. The molecule has 1 saturated heterocycles. The monoisotopic (exact) mass is 314 g/mol. The van der Waals surface area contributed by atoms with Crippen LogP contribution in [0.2, 0.25) is 0 Å². The van der Waals surface area contributed by atoms with Crippen molar-refractivity contribution in [2.75, 3.05) is 12.3 Å². The third-order valence-electron chi connectivity index (χ3n) is 2.72. The molecule has 1 heterocycles. The molecule has 0 spiro atoms. The first kappa shape index (κ1) is 12.6. The summed E-state index contributed by atoms with van der Waals surface area (Å²) in [5, 5.41) is 8.82. The van der Waals surface area contributed by atoms with Crippen LogP contribution >= 0.6 is 15.9 Å². The second-order valence-electron chi connectivity index (χ2n) is 3.92. The lowest BCUT2D eigenvalue weighted by molar-refractivity contribution is 0.439. The first-order valence-corrected chi connectivity index (χ1v) is 7.59. The number of sulfonamides is 1. The van der Waals surface area contributed by atoms with Gasteiger partial charge in [-0.1, -0.05) is 15.9 Å². The number of hydrogen-bond donors (Lipinski definition) is 0. The lowest BCUT2D eigenvalue weighted by Crippen LogP contribution is -2.25. The van der Waals surface area contributed by atoms with Gasteiger partial charge in [-0.15, -0.1) is 0 Å². The van der Waals surface area contributed by atoms with Crippen LogP contribution in [0.15, 0.2) is 22.7 Å². The molecule has 1 aliphatic rings. The fraction of sp³-hybridized carbons (Fsp3) is 0.364. The zero-order chi connectivity index (χ0) is 12.5. The number of hydrogen-bond acceptors (Lipinski definition) is 3. The smallest absolute Gasteiger partial charge is 0.212 e. The summed E-state index contributed by atoms with van der Waals surface area (Å²) in [5.74, 6) is 0.225. The van der Waals surface area contributed by atoms with Crippen LogP contribution in [0, 0.1) is 11.3 Å². The summed E-state index contributed by atoms with van der Waals surface area (Å²) < 4.78 is 25.7. The molecular formula is C11H11BrN2O2S. The van der Waals surface area contributed by atoms with Crippen LogP contribution < -0.4 is 0 Å². The molecule has 0 saturated carbocycles. The lowest BCUT2D eigenvalue weighted by atomic mass is 10.1. The maximum absolute atomic E-state index is 11.7. The minimum atomic E-state index is -3.09. The van der Waals surface area contributed by atoms with Crippen molar-refractivity contribution in [3.63, 3.8) is 0 Å². The summed E-state index contributed by atoms with van der Waals surface area (Å²) >= 11 is 3.37. The molecule has 1 fully saturated rings. The molecule has 1 aromatic rings. The van der Waals surface area contributed by atoms with Gasteiger partial charge in [-0.25, -0.2) is 8.42 Å². The maximum Gasteiger partial charge on any atom is 0.214 e. The molecule has 0 bridgehead atoms. The van der Waals surface area contributed by atoms with Crippen molar-refractivity contribution in [3.8, 4) is 6.07 Å². The van der Waals surface area contributed by atoms with Crippen molar-refractivity contribution >= 4 is 26.0 Å². The first-order valence-electron chi connectivity index (χ1n) is 5.19. The van der Waals surface area contributed by atoms with Crippen molar-refractivity contribution in [1.82, 2.24) is 4.31 Å². The Hall–Kier alpha value is -0.900. The average molecular weight is 315 g/mol. The van der Waals surface area contributed by atoms with Gasteiger partial charge in [0.25, 0.3) is 0 Å². The Morgan fingerprint density at radius 1 is 1.47 bits per heavy atom. The van der Waals surface area contributed by atoms with Crippen LogP contribution in [-0.2, 0) is 16.6 Å². The van der Waals surface area contributed by atoms with Crippen LogP contribution in [0.4, 0.5) is 0 Å². The van der Waals surface area contributed by atoms with E-state index in [4.69, 9.17) is 5.26 Å². The standard InChI is InChI=1S/C11H11BrN2O2S/c12-11-3-2-9(7-13)6-10(11)8-14-4-1-5-17(14,15)16/h2-3,6H,1,4-5,8H2. The van der Waals surface area contributed by atoms with Gasteiger partial charge in [0.05, 0.1) is 17.4 Å². The van der Waals surface area contributed by atoms with E-state index in [0.717, 1.165) is 10.0 Å². The first-order chi connectivity index (χ1) is 8.03. The lowest BCUT2D eigenvalue weighted by Gasteiger charge is -2.15. The van der Waals surface area contributed by atoms with Crippen LogP contribution in [-0.4, -0.2) is 25.0 Å². The normalized spacial score (nSPS) is 19.1. The third-order valence-corrected chi connectivity index (χ3v) is 5.40. The van der Waals surface area contributed by atoms with E-state index in [1.54, 1.807) is 18.2 Å². The van der Waals surface area contributed by atoms with Crippen molar-refractivity contribution in [1.29, 1.82) is 5.26 Å². The Balaban J connectivity index is 2.28.